The van der Waals surface area contributed by atoms with Crippen LogP contribution >= 0.6 is 27.5 Å². The van der Waals surface area contributed by atoms with Gasteiger partial charge >= 0.3 is 0 Å². The van der Waals surface area contributed by atoms with E-state index in [9.17, 15) is 4.79 Å². The van der Waals surface area contributed by atoms with E-state index in [1.54, 1.807) is 10.9 Å². The Morgan fingerprint density at radius 1 is 1.25 bits per heavy atom. The van der Waals surface area contributed by atoms with Crippen LogP contribution in [0.5, 0.6) is 0 Å². The molecule has 1 amide bonds. The molecule has 0 unspecified atom stereocenters. The molecule has 0 spiro atoms. The molecule has 124 valence electrons. The summed E-state index contributed by atoms with van der Waals surface area (Å²) in [6.45, 7) is 2.75. The Balaban J connectivity index is 1.65. The molecular weight excluding hydrogens is 394 g/mol. The first-order valence-electron chi connectivity index (χ1n) is 7.26. The third-order valence-corrected chi connectivity index (χ3v) is 4.12. The van der Waals surface area contributed by atoms with Gasteiger partial charge in [0.15, 0.2) is 5.82 Å². The van der Waals surface area contributed by atoms with E-state index in [0.29, 0.717) is 17.4 Å². The number of halogens is 2. The highest BCUT2D eigenvalue weighted by Crippen LogP contribution is 2.21. The zero-order chi connectivity index (χ0) is 17.1. The fourth-order valence-electron chi connectivity index (χ4n) is 2.19. The quantitative estimate of drug-likeness (QED) is 0.703. The Labute approximate surface area is 152 Å². The minimum Gasteiger partial charge on any atom is -0.307 e. The van der Waals surface area contributed by atoms with Crippen LogP contribution in [0.4, 0.5) is 5.82 Å². The number of hydrogen-bond acceptors (Lipinski definition) is 3. The normalized spacial score (nSPS) is 10.8. The number of nitrogens with one attached hydrogen (secondary N) is 1. The molecule has 0 saturated heterocycles. The van der Waals surface area contributed by atoms with Crippen LogP contribution in [0.1, 0.15) is 11.1 Å². The highest BCUT2D eigenvalue weighted by molar-refractivity contribution is 9.10. The van der Waals surface area contributed by atoms with E-state index < -0.39 is 0 Å². The van der Waals surface area contributed by atoms with Crippen LogP contribution in [-0.2, 0) is 17.9 Å². The molecule has 0 radical (unpaired) electrons. The maximum absolute atomic E-state index is 12.1. The Hall–Kier alpha value is -2.12. The predicted molar refractivity (Wildman–Crippen MR) is 96.1 cm³/mol. The number of rotatable bonds is 5. The van der Waals surface area contributed by atoms with Gasteiger partial charge in [0.25, 0.3) is 0 Å². The minimum atomic E-state index is -0.226. The van der Waals surface area contributed by atoms with Gasteiger partial charge in [0, 0.05) is 12.4 Å². The van der Waals surface area contributed by atoms with E-state index in [0.717, 1.165) is 10.0 Å². The van der Waals surface area contributed by atoms with Crippen molar-refractivity contribution in [2.24, 2.45) is 0 Å². The second kappa shape index (κ2) is 7.19. The smallest absolute Gasteiger partial charge is 0.247 e. The van der Waals surface area contributed by atoms with E-state index in [4.69, 9.17) is 11.6 Å². The topological polar surface area (TPSA) is 64.7 Å². The highest BCUT2D eigenvalue weighted by atomic mass is 79.9. The van der Waals surface area contributed by atoms with E-state index >= 15 is 0 Å². The van der Waals surface area contributed by atoms with Crippen molar-refractivity contribution in [3.8, 4) is 0 Å². The molecule has 0 aliphatic heterocycles. The second-order valence-electron chi connectivity index (χ2n) is 5.41. The van der Waals surface area contributed by atoms with Crippen molar-refractivity contribution < 1.29 is 4.79 Å². The standard InChI is InChI=1S/C16H15BrClN5O/c1-11-2-4-12(5-3-11)7-23-9-14(17)16(21-23)20-15(24)10-22-8-13(18)6-19-22/h2-6,8-9H,7,10H2,1H3,(H,20,21,24). The third-order valence-electron chi connectivity index (χ3n) is 3.35. The zero-order valence-electron chi connectivity index (χ0n) is 12.9. The van der Waals surface area contributed by atoms with Gasteiger partial charge in [-0.1, -0.05) is 41.4 Å². The Morgan fingerprint density at radius 2 is 2.00 bits per heavy atom. The summed E-state index contributed by atoms with van der Waals surface area (Å²) in [5, 5.41) is 11.6. The molecule has 0 aliphatic carbocycles. The number of carbonyl (C=O) groups excluding carboxylic acids is 1. The van der Waals surface area contributed by atoms with Gasteiger partial charge in [-0.25, -0.2) is 0 Å². The van der Waals surface area contributed by atoms with Crippen LogP contribution in [0.25, 0.3) is 0 Å². The van der Waals surface area contributed by atoms with Crippen LogP contribution in [0.2, 0.25) is 5.02 Å². The van der Waals surface area contributed by atoms with Crippen molar-refractivity contribution in [3.05, 3.63) is 63.5 Å². The molecule has 8 heteroatoms. The van der Waals surface area contributed by atoms with E-state index in [2.05, 4.69) is 62.6 Å². The number of aromatic nitrogens is 4. The first-order chi connectivity index (χ1) is 11.5. The van der Waals surface area contributed by atoms with E-state index in [1.165, 1.54) is 16.4 Å². The predicted octanol–water partition coefficient (Wildman–Crippen LogP) is 3.49. The van der Waals surface area contributed by atoms with Gasteiger partial charge in [0.2, 0.25) is 5.91 Å². The summed E-state index contributed by atoms with van der Waals surface area (Å²) in [5.74, 6) is 0.251. The van der Waals surface area contributed by atoms with Gasteiger partial charge in [-0.05, 0) is 28.4 Å². The van der Waals surface area contributed by atoms with Crippen molar-refractivity contribution in [2.45, 2.75) is 20.0 Å². The molecule has 0 aliphatic rings. The van der Waals surface area contributed by atoms with Gasteiger partial charge in [-0.15, -0.1) is 0 Å². The first-order valence-corrected chi connectivity index (χ1v) is 8.43. The summed E-state index contributed by atoms with van der Waals surface area (Å²) in [6, 6.07) is 8.24. The van der Waals surface area contributed by atoms with E-state index in [-0.39, 0.29) is 12.5 Å². The van der Waals surface area contributed by atoms with E-state index in [1.807, 2.05) is 6.20 Å². The maximum atomic E-state index is 12.1. The molecule has 3 aromatic rings. The average molecular weight is 409 g/mol. The van der Waals surface area contributed by atoms with Crippen LogP contribution in [0.3, 0.4) is 0 Å². The summed E-state index contributed by atoms with van der Waals surface area (Å²) in [5.41, 5.74) is 2.35. The molecule has 24 heavy (non-hydrogen) atoms. The van der Waals surface area contributed by atoms with Gasteiger partial charge in [-0.2, -0.15) is 10.2 Å². The number of nitrogens with zero attached hydrogens (tertiary/aromatic N) is 4. The molecular formula is C16H15BrClN5O. The molecule has 0 bridgehead atoms. The molecule has 1 N–H and O–H groups in total. The first kappa shape index (κ1) is 16.7. The second-order valence-corrected chi connectivity index (χ2v) is 6.70. The van der Waals surface area contributed by atoms with Crippen LogP contribution in [0, 0.1) is 6.92 Å². The molecule has 1 aromatic carbocycles. The molecule has 2 aromatic heterocycles. The molecule has 6 nitrogen and oxygen atoms in total. The van der Waals surface area contributed by atoms with Crippen molar-refractivity contribution in [1.29, 1.82) is 0 Å². The fraction of sp³-hybridized carbons (Fsp3) is 0.188. The van der Waals surface area contributed by atoms with Crippen LogP contribution < -0.4 is 5.32 Å². The van der Waals surface area contributed by atoms with Gasteiger partial charge < -0.3 is 5.32 Å². The maximum Gasteiger partial charge on any atom is 0.247 e. The number of benzene rings is 1. The Morgan fingerprint density at radius 3 is 2.67 bits per heavy atom. The summed E-state index contributed by atoms with van der Waals surface area (Å²) in [7, 11) is 0. The highest BCUT2D eigenvalue weighted by Gasteiger charge is 2.11. The summed E-state index contributed by atoms with van der Waals surface area (Å²) in [6.07, 6.45) is 4.91. The molecule has 2 heterocycles. The fourth-order valence-corrected chi connectivity index (χ4v) is 2.76. The Bertz CT molecular complexity index is 856. The molecule has 3 rings (SSSR count). The Kier molecular flexibility index (Phi) is 5.01. The summed E-state index contributed by atoms with van der Waals surface area (Å²) in [4.78, 5) is 12.1. The van der Waals surface area contributed by atoms with Crippen molar-refractivity contribution in [3.63, 3.8) is 0 Å². The number of hydrogen-bond donors (Lipinski definition) is 1. The van der Waals surface area contributed by atoms with Crippen LogP contribution in [0.15, 0.2) is 47.3 Å². The van der Waals surface area contributed by atoms with Gasteiger partial charge in [0.1, 0.15) is 6.54 Å². The van der Waals surface area contributed by atoms with Crippen molar-refractivity contribution in [1.82, 2.24) is 19.6 Å². The van der Waals surface area contributed by atoms with Crippen molar-refractivity contribution >= 4 is 39.3 Å². The number of amides is 1. The molecule has 0 fully saturated rings. The zero-order valence-corrected chi connectivity index (χ0v) is 15.3. The number of carbonyl (C=O) groups is 1. The van der Waals surface area contributed by atoms with Gasteiger partial charge in [-0.3, -0.25) is 14.2 Å². The summed E-state index contributed by atoms with van der Waals surface area (Å²) < 4.78 is 3.96. The van der Waals surface area contributed by atoms with Crippen LogP contribution in [-0.4, -0.2) is 25.5 Å². The third kappa shape index (κ3) is 4.24. The van der Waals surface area contributed by atoms with Crippen molar-refractivity contribution in [2.75, 3.05) is 5.32 Å². The number of anilines is 1. The van der Waals surface area contributed by atoms with Gasteiger partial charge in [0.05, 0.1) is 22.2 Å². The monoisotopic (exact) mass is 407 g/mol. The minimum absolute atomic E-state index is 0.0734. The molecule has 0 saturated carbocycles. The lowest BCUT2D eigenvalue weighted by atomic mass is 10.1. The lowest BCUT2D eigenvalue weighted by Gasteiger charge is -2.04. The number of aryl methyl sites for hydroxylation is 1. The molecule has 0 atom stereocenters. The SMILES string of the molecule is Cc1ccc(Cn2cc(Br)c(NC(=O)Cn3cc(Cl)cn3)n2)cc1. The lowest BCUT2D eigenvalue weighted by Crippen LogP contribution is -2.19. The largest absolute Gasteiger partial charge is 0.307 e. The summed E-state index contributed by atoms with van der Waals surface area (Å²) >= 11 is 9.20. The lowest BCUT2D eigenvalue weighted by molar-refractivity contribution is -0.116. The average Bonchev–Trinajstić information content (AvgIpc) is 3.08.